The molecular formula is C31H35N3O3. The highest BCUT2D eigenvalue weighted by molar-refractivity contribution is 5.81. The predicted octanol–water partition coefficient (Wildman–Crippen LogP) is 6.15. The van der Waals surface area contributed by atoms with Crippen molar-refractivity contribution in [3.05, 3.63) is 89.7 Å². The van der Waals surface area contributed by atoms with Gasteiger partial charge in [0, 0.05) is 32.0 Å². The molecule has 3 aromatic carbocycles. The van der Waals surface area contributed by atoms with Crippen LogP contribution in [0.3, 0.4) is 0 Å². The van der Waals surface area contributed by atoms with E-state index in [9.17, 15) is 4.79 Å². The Balaban J connectivity index is 1.26. The summed E-state index contributed by atoms with van der Waals surface area (Å²) in [4.78, 5) is 19.9. The van der Waals surface area contributed by atoms with Gasteiger partial charge in [-0.25, -0.2) is 4.98 Å². The average Bonchev–Trinajstić information content (AvgIpc) is 3.47. The first-order valence-corrected chi connectivity index (χ1v) is 13.1. The van der Waals surface area contributed by atoms with Gasteiger partial charge in [0.1, 0.15) is 17.3 Å². The number of imidazole rings is 1. The maximum Gasteiger partial charge on any atom is 0.223 e. The van der Waals surface area contributed by atoms with Gasteiger partial charge in [0.25, 0.3) is 0 Å². The van der Waals surface area contributed by atoms with Crippen molar-refractivity contribution in [2.45, 2.75) is 51.6 Å². The minimum Gasteiger partial charge on any atom is -0.497 e. The number of likely N-dealkylation sites (tertiary alicyclic amines) is 1. The van der Waals surface area contributed by atoms with Crippen molar-refractivity contribution in [2.75, 3.05) is 20.3 Å². The Morgan fingerprint density at radius 1 is 0.973 bits per heavy atom. The molecule has 192 valence electrons. The fourth-order valence-corrected chi connectivity index (χ4v) is 5.05. The van der Waals surface area contributed by atoms with E-state index in [0.29, 0.717) is 32.0 Å². The lowest BCUT2D eigenvalue weighted by atomic mass is 10.0. The molecule has 0 N–H and O–H groups in total. The van der Waals surface area contributed by atoms with Crippen molar-refractivity contribution < 1.29 is 14.3 Å². The Hall–Kier alpha value is -3.80. The van der Waals surface area contributed by atoms with Gasteiger partial charge < -0.3 is 18.9 Å². The van der Waals surface area contributed by atoms with Gasteiger partial charge in [0.15, 0.2) is 0 Å². The molecule has 1 aliphatic rings. The summed E-state index contributed by atoms with van der Waals surface area (Å²) in [5.74, 6) is 3.47. The molecule has 0 radical (unpaired) electrons. The number of carbonyl (C=O) groups is 1. The van der Waals surface area contributed by atoms with E-state index in [1.165, 1.54) is 5.56 Å². The van der Waals surface area contributed by atoms with Gasteiger partial charge in [-0.1, -0.05) is 50.2 Å². The van der Waals surface area contributed by atoms with Crippen molar-refractivity contribution in [2.24, 2.45) is 0 Å². The molecule has 5 rings (SSSR count). The highest BCUT2D eigenvalue weighted by atomic mass is 16.5. The molecule has 0 aliphatic carbocycles. The number of ether oxygens (including phenoxy) is 2. The number of methoxy groups -OCH3 is 1. The molecule has 1 amide bonds. The van der Waals surface area contributed by atoms with Crippen LogP contribution in [0.1, 0.15) is 55.5 Å². The third-order valence-electron chi connectivity index (χ3n) is 7.14. The van der Waals surface area contributed by atoms with Gasteiger partial charge in [0.05, 0.1) is 24.8 Å². The van der Waals surface area contributed by atoms with E-state index in [0.717, 1.165) is 46.9 Å². The summed E-state index contributed by atoms with van der Waals surface area (Å²) >= 11 is 0. The minimum absolute atomic E-state index is 0.0719. The van der Waals surface area contributed by atoms with Crippen molar-refractivity contribution in [3.63, 3.8) is 0 Å². The lowest BCUT2D eigenvalue weighted by Crippen LogP contribution is -2.24. The summed E-state index contributed by atoms with van der Waals surface area (Å²) in [5, 5.41) is 0. The lowest BCUT2D eigenvalue weighted by Gasteiger charge is -2.18. The second kappa shape index (κ2) is 11.1. The van der Waals surface area contributed by atoms with Crippen LogP contribution in [-0.2, 0) is 17.9 Å². The Bertz CT molecular complexity index is 1340. The second-order valence-corrected chi connectivity index (χ2v) is 10.1. The van der Waals surface area contributed by atoms with Crippen LogP contribution < -0.4 is 9.47 Å². The second-order valence-electron chi connectivity index (χ2n) is 10.1. The number of rotatable bonds is 10. The number of hydrogen-bond donors (Lipinski definition) is 0. The van der Waals surface area contributed by atoms with Crippen LogP contribution in [0.2, 0.25) is 0 Å². The van der Waals surface area contributed by atoms with E-state index in [1.54, 1.807) is 7.11 Å². The van der Waals surface area contributed by atoms with Crippen molar-refractivity contribution in [1.82, 2.24) is 14.5 Å². The molecule has 0 saturated carbocycles. The predicted molar refractivity (Wildman–Crippen MR) is 146 cm³/mol. The van der Waals surface area contributed by atoms with Gasteiger partial charge >= 0.3 is 0 Å². The van der Waals surface area contributed by atoms with Crippen LogP contribution in [0, 0.1) is 0 Å². The number of aryl methyl sites for hydroxylation is 1. The van der Waals surface area contributed by atoms with E-state index in [-0.39, 0.29) is 11.8 Å². The van der Waals surface area contributed by atoms with Gasteiger partial charge in [-0.05, 0) is 59.9 Å². The quantitative estimate of drug-likeness (QED) is 0.247. The summed E-state index contributed by atoms with van der Waals surface area (Å²) < 4.78 is 13.6. The molecule has 4 aromatic rings. The van der Waals surface area contributed by atoms with E-state index in [2.05, 4.69) is 48.7 Å². The standard InChI is InChI=1S/C31H35N3O3/c1-22(2)24-11-15-27(16-12-24)37-18-6-17-34-29-8-5-4-7-28(29)32-31(34)25-19-30(35)33(21-25)20-23-9-13-26(36-3)14-10-23/h4-5,7-16,22,25H,6,17-21H2,1-3H3. The van der Waals surface area contributed by atoms with Crippen LogP contribution in [0.15, 0.2) is 72.8 Å². The van der Waals surface area contributed by atoms with Gasteiger partial charge in [0.2, 0.25) is 5.91 Å². The minimum atomic E-state index is 0.0719. The molecule has 1 atom stereocenters. The van der Waals surface area contributed by atoms with Crippen molar-refractivity contribution in [1.29, 1.82) is 0 Å². The number of hydrogen-bond acceptors (Lipinski definition) is 4. The van der Waals surface area contributed by atoms with Gasteiger partial charge in [-0.15, -0.1) is 0 Å². The van der Waals surface area contributed by atoms with Crippen LogP contribution in [-0.4, -0.2) is 40.6 Å². The SMILES string of the molecule is COc1ccc(CN2CC(c3nc4ccccc4n3CCCOc3ccc(C(C)C)cc3)CC2=O)cc1. The lowest BCUT2D eigenvalue weighted by molar-refractivity contribution is -0.128. The molecule has 1 unspecified atom stereocenters. The highest BCUT2D eigenvalue weighted by Gasteiger charge is 2.34. The summed E-state index contributed by atoms with van der Waals surface area (Å²) in [5.41, 5.74) is 4.50. The first kappa shape index (κ1) is 24.9. The molecule has 0 bridgehead atoms. The van der Waals surface area contributed by atoms with E-state index in [4.69, 9.17) is 14.5 Å². The molecule has 1 saturated heterocycles. The Morgan fingerprint density at radius 2 is 1.70 bits per heavy atom. The summed E-state index contributed by atoms with van der Waals surface area (Å²) in [7, 11) is 1.66. The summed E-state index contributed by atoms with van der Waals surface area (Å²) in [6.45, 7) is 7.08. The molecule has 37 heavy (non-hydrogen) atoms. The van der Waals surface area contributed by atoms with Crippen LogP contribution in [0.4, 0.5) is 0 Å². The number of fused-ring (bicyclic) bond motifs is 1. The zero-order valence-corrected chi connectivity index (χ0v) is 21.9. The molecular weight excluding hydrogens is 462 g/mol. The van der Waals surface area contributed by atoms with E-state index < -0.39 is 0 Å². The number of nitrogens with zero attached hydrogens (tertiary/aromatic N) is 3. The highest BCUT2D eigenvalue weighted by Crippen LogP contribution is 2.31. The molecule has 2 heterocycles. The maximum atomic E-state index is 12.9. The van der Waals surface area contributed by atoms with Crippen LogP contribution >= 0.6 is 0 Å². The number of para-hydroxylation sites is 2. The monoisotopic (exact) mass is 497 g/mol. The molecule has 1 aromatic heterocycles. The molecule has 6 heteroatoms. The Kier molecular flexibility index (Phi) is 7.45. The average molecular weight is 498 g/mol. The Labute approximate surface area is 218 Å². The fourth-order valence-electron chi connectivity index (χ4n) is 5.05. The summed E-state index contributed by atoms with van der Waals surface area (Å²) in [6.07, 6.45) is 1.34. The first-order chi connectivity index (χ1) is 18.0. The van der Waals surface area contributed by atoms with E-state index in [1.807, 2.05) is 47.4 Å². The van der Waals surface area contributed by atoms with Gasteiger partial charge in [-0.2, -0.15) is 0 Å². The zero-order chi connectivity index (χ0) is 25.8. The number of aromatic nitrogens is 2. The van der Waals surface area contributed by atoms with Crippen molar-refractivity contribution in [3.8, 4) is 11.5 Å². The van der Waals surface area contributed by atoms with E-state index >= 15 is 0 Å². The summed E-state index contributed by atoms with van der Waals surface area (Å²) in [6, 6.07) is 24.5. The fraction of sp³-hybridized carbons (Fsp3) is 0.355. The zero-order valence-electron chi connectivity index (χ0n) is 21.9. The van der Waals surface area contributed by atoms with Crippen LogP contribution in [0.5, 0.6) is 11.5 Å². The molecule has 6 nitrogen and oxygen atoms in total. The third-order valence-corrected chi connectivity index (χ3v) is 7.14. The molecule has 1 aliphatic heterocycles. The van der Waals surface area contributed by atoms with Crippen LogP contribution in [0.25, 0.3) is 11.0 Å². The normalized spacial score (nSPS) is 15.6. The number of amides is 1. The molecule has 0 spiro atoms. The smallest absolute Gasteiger partial charge is 0.223 e. The largest absolute Gasteiger partial charge is 0.497 e. The van der Waals surface area contributed by atoms with Crippen molar-refractivity contribution >= 4 is 16.9 Å². The first-order valence-electron chi connectivity index (χ1n) is 13.1. The molecule has 1 fully saturated rings. The number of carbonyl (C=O) groups excluding carboxylic acids is 1. The Morgan fingerprint density at radius 3 is 2.43 bits per heavy atom. The number of benzene rings is 3. The third kappa shape index (κ3) is 5.63. The van der Waals surface area contributed by atoms with Gasteiger partial charge in [-0.3, -0.25) is 4.79 Å². The maximum absolute atomic E-state index is 12.9. The topological polar surface area (TPSA) is 56.6 Å².